The van der Waals surface area contributed by atoms with Gasteiger partial charge in [-0.1, -0.05) is 30.7 Å². The molecule has 0 spiro atoms. The largest absolute Gasteiger partial charge is 0.497 e. The Morgan fingerprint density at radius 2 is 1.37 bits per heavy atom. The second-order valence-corrected chi connectivity index (χ2v) is 8.36. The molecule has 3 rings (SSSR count). The maximum atomic E-state index is 12.3. The maximum absolute atomic E-state index is 12.3. The summed E-state index contributed by atoms with van der Waals surface area (Å²) in [7, 11) is 3.20. The van der Waals surface area contributed by atoms with Crippen molar-refractivity contribution in [3.63, 3.8) is 0 Å². The van der Waals surface area contributed by atoms with Gasteiger partial charge in [-0.25, -0.2) is 10.9 Å². The predicted octanol–water partition coefficient (Wildman–Crippen LogP) is 4.59. The Kier molecular flexibility index (Phi) is 11.4. The number of methoxy groups -OCH3 is 2. The fourth-order valence-electron chi connectivity index (χ4n) is 3.47. The monoisotopic (exact) mass is 515 g/mol. The molecule has 0 fully saturated rings. The number of amides is 2. The third-order valence-corrected chi connectivity index (χ3v) is 5.53. The quantitative estimate of drug-likeness (QED) is 0.165. The molecule has 0 heterocycles. The summed E-state index contributed by atoms with van der Waals surface area (Å²) in [6.45, 7) is 0.770. The molecule has 3 aromatic carbocycles. The SMILES string of the molecule is COc1cccc(/C=N/NC(=O)CCCCCNc2ccc(C(=O)N/N=C/c3cccc(OC)c3)cc2)c1. The average molecular weight is 516 g/mol. The number of nitrogens with zero attached hydrogens (tertiary/aromatic N) is 2. The molecule has 0 saturated carbocycles. The molecule has 3 aromatic rings. The van der Waals surface area contributed by atoms with Crippen LogP contribution in [0.3, 0.4) is 0 Å². The van der Waals surface area contributed by atoms with Crippen LogP contribution in [0, 0.1) is 0 Å². The normalized spacial score (nSPS) is 10.9. The summed E-state index contributed by atoms with van der Waals surface area (Å²) in [5, 5.41) is 11.3. The van der Waals surface area contributed by atoms with Crippen molar-refractivity contribution in [1.82, 2.24) is 10.9 Å². The number of benzene rings is 3. The van der Waals surface area contributed by atoms with Crippen molar-refractivity contribution in [2.75, 3.05) is 26.1 Å². The minimum Gasteiger partial charge on any atom is -0.497 e. The maximum Gasteiger partial charge on any atom is 0.271 e. The highest BCUT2D eigenvalue weighted by Gasteiger charge is 2.04. The Balaban J connectivity index is 1.28. The van der Waals surface area contributed by atoms with E-state index in [0.29, 0.717) is 12.0 Å². The van der Waals surface area contributed by atoms with Gasteiger partial charge in [0.2, 0.25) is 5.91 Å². The topological polar surface area (TPSA) is 113 Å². The van der Waals surface area contributed by atoms with Gasteiger partial charge in [-0.15, -0.1) is 0 Å². The van der Waals surface area contributed by atoms with Gasteiger partial charge < -0.3 is 14.8 Å². The van der Waals surface area contributed by atoms with Crippen molar-refractivity contribution < 1.29 is 19.1 Å². The first-order valence-corrected chi connectivity index (χ1v) is 12.3. The van der Waals surface area contributed by atoms with Crippen molar-refractivity contribution in [3.8, 4) is 11.5 Å². The lowest BCUT2D eigenvalue weighted by Crippen LogP contribution is -2.17. The predicted molar refractivity (Wildman–Crippen MR) is 150 cm³/mol. The van der Waals surface area contributed by atoms with Gasteiger partial charge in [-0.3, -0.25) is 9.59 Å². The highest BCUT2D eigenvalue weighted by atomic mass is 16.5. The van der Waals surface area contributed by atoms with Gasteiger partial charge in [0.15, 0.2) is 0 Å². The summed E-state index contributed by atoms with van der Waals surface area (Å²) in [5.41, 5.74) is 8.19. The number of ether oxygens (including phenoxy) is 2. The number of carbonyl (C=O) groups is 2. The Labute approximate surface area is 222 Å². The Hall–Kier alpha value is -4.66. The third-order valence-electron chi connectivity index (χ3n) is 5.53. The van der Waals surface area contributed by atoms with Crippen molar-refractivity contribution in [2.45, 2.75) is 25.7 Å². The van der Waals surface area contributed by atoms with Crippen LogP contribution < -0.4 is 25.6 Å². The zero-order valence-electron chi connectivity index (χ0n) is 21.6. The molecule has 0 unspecified atom stereocenters. The van der Waals surface area contributed by atoms with Crippen LogP contribution in [0.25, 0.3) is 0 Å². The smallest absolute Gasteiger partial charge is 0.271 e. The summed E-state index contributed by atoms with van der Waals surface area (Å²) < 4.78 is 10.3. The molecule has 9 nitrogen and oxygen atoms in total. The first-order valence-electron chi connectivity index (χ1n) is 12.3. The van der Waals surface area contributed by atoms with E-state index < -0.39 is 0 Å². The fraction of sp³-hybridized carbons (Fsp3) is 0.241. The fourth-order valence-corrected chi connectivity index (χ4v) is 3.47. The van der Waals surface area contributed by atoms with Crippen molar-refractivity contribution in [3.05, 3.63) is 89.5 Å². The van der Waals surface area contributed by atoms with E-state index in [1.165, 1.54) is 0 Å². The molecule has 198 valence electrons. The molecule has 0 aliphatic heterocycles. The van der Waals surface area contributed by atoms with Crippen LogP contribution in [0.5, 0.6) is 11.5 Å². The number of hydrogen-bond acceptors (Lipinski definition) is 7. The lowest BCUT2D eigenvalue weighted by Gasteiger charge is -2.07. The minimum absolute atomic E-state index is 0.112. The second-order valence-electron chi connectivity index (χ2n) is 8.36. The molecule has 0 bridgehead atoms. The van der Waals surface area contributed by atoms with Gasteiger partial charge in [-0.05, 0) is 72.5 Å². The molecular weight excluding hydrogens is 482 g/mol. The van der Waals surface area contributed by atoms with Crippen LogP contribution in [-0.2, 0) is 4.79 Å². The molecular formula is C29H33N5O4. The van der Waals surface area contributed by atoms with E-state index in [4.69, 9.17) is 9.47 Å². The van der Waals surface area contributed by atoms with Crippen LogP contribution in [0.2, 0.25) is 0 Å². The van der Waals surface area contributed by atoms with Gasteiger partial charge >= 0.3 is 0 Å². The summed E-state index contributed by atoms with van der Waals surface area (Å²) in [6, 6.07) is 22.0. The molecule has 0 saturated heterocycles. The first kappa shape index (κ1) is 27.9. The summed E-state index contributed by atoms with van der Waals surface area (Å²) in [5.74, 6) is 1.06. The number of carbonyl (C=O) groups excluding carboxylic acids is 2. The standard InChI is InChI=1S/C29H33N5O4/c1-37-26-10-6-8-22(18-26)20-31-33-28(35)12-4-3-5-17-30-25-15-13-24(14-16-25)29(36)34-32-21-23-9-7-11-27(19-23)38-2/h6-11,13-16,18-21,30H,3-5,12,17H2,1-2H3,(H,33,35)(H,34,36)/b31-20+,32-21+. The second kappa shape index (κ2) is 15.5. The van der Waals surface area contributed by atoms with E-state index in [0.717, 1.165) is 54.1 Å². The van der Waals surface area contributed by atoms with Crippen molar-refractivity contribution >= 4 is 29.9 Å². The van der Waals surface area contributed by atoms with Crippen LogP contribution in [-0.4, -0.2) is 45.0 Å². The molecule has 3 N–H and O–H groups in total. The molecule has 0 aliphatic rings. The number of anilines is 1. The number of rotatable bonds is 14. The highest BCUT2D eigenvalue weighted by Crippen LogP contribution is 2.12. The van der Waals surface area contributed by atoms with E-state index in [-0.39, 0.29) is 11.8 Å². The molecule has 0 aliphatic carbocycles. The number of unbranched alkanes of at least 4 members (excludes halogenated alkanes) is 2. The summed E-state index contributed by atoms with van der Waals surface area (Å²) in [4.78, 5) is 24.3. The highest BCUT2D eigenvalue weighted by molar-refractivity contribution is 5.95. The van der Waals surface area contributed by atoms with Crippen LogP contribution in [0.15, 0.2) is 83.0 Å². The number of hydrazone groups is 2. The van der Waals surface area contributed by atoms with E-state index in [1.807, 2.05) is 60.7 Å². The van der Waals surface area contributed by atoms with E-state index >= 15 is 0 Å². The van der Waals surface area contributed by atoms with Crippen LogP contribution >= 0.6 is 0 Å². The number of nitrogens with one attached hydrogen (secondary N) is 3. The molecule has 38 heavy (non-hydrogen) atoms. The number of hydrogen-bond donors (Lipinski definition) is 3. The molecule has 0 atom stereocenters. The zero-order valence-corrected chi connectivity index (χ0v) is 21.6. The first-order chi connectivity index (χ1) is 18.6. The van der Waals surface area contributed by atoms with Gasteiger partial charge in [0.25, 0.3) is 5.91 Å². The molecule has 0 aromatic heterocycles. The lowest BCUT2D eigenvalue weighted by atomic mass is 10.1. The van der Waals surface area contributed by atoms with Crippen LogP contribution in [0.1, 0.15) is 47.2 Å². The van der Waals surface area contributed by atoms with Gasteiger partial charge in [0.05, 0.1) is 26.6 Å². The molecule has 9 heteroatoms. The van der Waals surface area contributed by atoms with Crippen molar-refractivity contribution in [1.29, 1.82) is 0 Å². The summed E-state index contributed by atoms with van der Waals surface area (Å²) in [6.07, 6.45) is 6.18. The van der Waals surface area contributed by atoms with Gasteiger partial charge in [-0.2, -0.15) is 10.2 Å². The van der Waals surface area contributed by atoms with Gasteiger partial charge in [0.1, 0.15) is 11.5 Å². The van der Waals surface area contributed by atoms with E-state index in [1.54, 1.807) is 38.8 Å². The Morgan fingerprint density at radius 1 is 0.763 bits per heavy atom. The Morgan fingerprint density at radius 3 is 1.97 bits per heavy atom. The zero-order chi connectivity index (χ0) is 27.0. The van der Waals surface area contributed by atoms with Gasteiger partial charge in [0, 0.05) is 24.2 Å². The Bertz CT molecular complexity index is 1240. The molecule has 0 radical (unpaired) electrons. The summed E-state index contributed by atoms with van der Waals surface area (Å²) >= 11 is 0. The molecule has 2 amide bonds. The van der Waals surface area contributed by atoms with E-state index in [9.17, 15) is 9.59 Å². The average Bonchev–Trinajstić information content (AvgIpc) is 2.95. The minimum atomic E-state index is -0.290. The van der Waals surface area contributed by atoms with E-state index in [2.05, 4.69) is 26.4 Å². The van der Waals surface area contributed by atoms with Crippen molar-refractivity contribution in [2.24, 2.45) is 10.2 Å². The lowest BCUT2D eigenvalue weighted by molar-refractivity contribution is -0.121. The van der Waals surface area contributed by atoms with Crippen LogP contribution in [0.4, 0.5) is 5.69 Å². The third kappa shape index (κ3) is 9.77.